The van der Waals surface area contributed by atoms with Gasteiger partial charge in [0.25, 0.3) is 0 Å². The van der Waals surface area contributed by atoms with Gasteiger partial charge in [-0.25, -0.2) is 0 Å². The Kier molecular flexibility index (Phi) is 6.88. The summed E-state index contributed by atoms with van der Waals surface area (Å²) in [6.07, 6.45) is 0.254. The summed E-state index contributed by atoms with van der Waals surface area (Å²) in [5, 5.41) is 11.6. The molecule has 2 atom stereocenters. The molecule has 5 nitrogen and oxygen atoms in total. The molecule has 1 aromatic carbocycles. The number of hydrogen-bond acceptors (Lipinski definition) is 3. The molecule has 0 aliphatic heterocycles. The second kappa shape index (κ2) is 8.42. The fraction of sp³-hybridized carbons (Fsp3) is 0.500. The number of nitrogens with one attached hydrogen (secondary N) is 1. The Balaban J connectivity index is 2.51. The predicted octanol–water partition coefficient (Wildman–Crippen LogP) is 1.91. The van der Waals surface area contributed by atoms with E-state index in [4.69, 9.17) is 5.11 Å². The first-order valence-corrected chi connectivity index (χ1v) is 7.10. The quantitative estimate of drug-likeness (QED) is 0.768. The van der Waals surface area contributed by atoms with Crippen LogP contribution in [0, 0.1) is 5.92 Å². The van der Waals surface area contributed by atoms with Gasteiger partial charge in [0.2, 0.25) is 5.91 Å². The van der Waals surface area contributed by atoms with E-state index < -0.39 is 5.97 Å². The first kappa shape index (κ1) is 17.2. The van der Waals surface area contributed by atoms with Crippen LogP contribution in [0.15, 0.2) is 30.3 Å². The van der Waals surface area contributed by atoms with Gasteiger partial charge in [-0.05, 0) is 25.6 Å². The van der Waals surface area contributed by atoms with Gasteiger partial charge in [0.05, 0.1) is 6.04 Å². The van der Waals surface area contributed by atoms with Crippen LogP contribution in [0.4, 0.5) is 0 Å². The van der Waals surface area contributed by atoms with Gasteiger partial charge in [-0.2, -0.15) is 0 Å². The van der Waals surface area contributed by atoms with Crippen molar-refractivity contribution in [3.63, 3.8) is 0 Å². The van der Waals surface area contributed by atoms with Crippen molar-refractivity contribution in [2.45, 2.75) is 25.8 Å². The normalized spacial score (nSPS) is 13.7. The Labute approximate surface area is 126 Å². The Morgan fingerprint density at radius 2 is 1.81 bits per heavy atom. The molecule has 1 amide bonds. The van der Waals surface area contributed by atoms with Crippen LogP contribution in [0.5, 0.6) is 0 Å². The minimum Gasteiger partial charge on any atom is -0.481 e. The maximum Gasteiger partial charge on any atom is 0.303 e. The number of carbonyl (C=O) groups excluding carboxylic acids is 1. The lowest BCUT2D eigenvalue weighted by Crippen LogP contribution is -2.35. The zero-order valence-corrected chi connectivity index (χ0v) is 12.9. The summed E-state index contributed by atoms with van der Waals surface area (Å²) in [4.78, 5) is 24.5. The van der Waals surface area contributed by atoms with Crippen molar-refractivity contribution in [1.29, 1.82) is 0 Å². The Morgan fingerprint density at radius 3 is 2.33 bits per heavy atom. The highest BCUT2D eigenvalue weighted by Crippen LogP contribution is 2.17. The molecule has 0 saturated carbocycles. The van der Waals surface area contributed by atoms with E-state index in [1.54, 1.807) is 6.92 Å². The zero-order chi connectivity index (χ0) is 15.8. The second-order valence-electron chi connectivity index (χ2n) is 5.60. The van der Waals surface area contributed by atoms with Gasteiger partial charge in [-0.15, -0.1) is 0 Å². The average molecular weight is 292 g/mol. The molecule has 2 unspecified atom stereocenters. The molecule has 0 saturated heterocycles. The summed E-state index contributed by atoms with van der Waals surface area (Å²) >= 11 is 0. The van der Waals surface area contributed by atoms with Crippen LogP contribution in [0.1, 0.15) is 31.4 Å². The Bertz CT molecular complexity index is 460. The Hall–Kier alpha value is -1.88. The van der Waals surface area contributed by atoms with Gasteiger partial charge in [-0.3, -0.25) is 9.59 Å². The van der Waals surface area contributed by atoms with Gasteiger partial charge in [0.1, 0.15) is 0 Å². The van der Waals surface area contributed by atoms with E-state index in [2.05, 4.69) is 10.2 Å². The zero-order valence-electron chi connectivity index (χ0n) is 12.9. The van der Waals surface area contributed by atoms with Gasteiger partial charge in [0.15, 0.2) is 0 Å². The summed E-state index contributed by atoms with van der Waals surface area (Å²) in [6, 6.07) is 10.1. The van der Waals surface area contributed by atoms with E-state index in [0.717, 1.165) is 5.56 Å². The summed E-state index contributed by atoms with van der Waals surface area (Å²) in [5.74, 6) is -1.13. The highest BCUT2D eigenvalue weighted by atomic mass is 16.4. The highest BCUT2D eigenvalue weighted by Gasteiger charge is 2.17. The van der Waals surface area contributed by atoms with Crippen molar-refractivity contribution in [1.82, 2.24) is 10.2 Å². The minimum absolute atomic E-state index is 0.0171. The number of rotatable bonds is 8. The number of hydrogen-bond donors (Lipinski definition) is 2. The lowest BCUT2D eigenvalue weighted by molar-refractivity contribution is -0.138. The van der Waals surface area contributed by atoms with Crippen LogP contribution in [0.2, 0.25) is 0 Å². The van der Waals surface area contributed by atoms with Crippen molar-refractivity contribution in [3.05, 3.63) is 35.9 Å². The first-order valence-electron chi connectivity index (χ1n) is 7.10. The van der Waals surface area contributed by atoms with Crippen molar-refractivity contribution in [2.24, 2.45) is 5.92 Å². The van der Waals surface area contributed by atoms with Crippen LogP contribution < -0.4 is 5.32 Å². The molecule has 0 bridgehead atoms. The highest BCUT2D eigenvalue weighted by molar-refractivity contribution is 5.77. The molecular formula is C16H24N2O3. The summed E-state index contributed by atoms with van der Waals surface area (Å²) in [7, 11) is 3.94. The summed E-state index contributed by atoms with van der Waals surface area (Å²) in [6.45, 7) is 2.28. The lowest BCUT2D eigenvalue weighted by atomic mass is 10.0. The molecule has 0 radical (unpaired) electrons. The van der Waals surface area contributed by atoms with Crippen LogP contribution in [-0.2, 0) is 9.59 Å². The molecule has 0 aromatic heterocycles. The van der Waals surface area contributed by atoms with Gasteiger partial charge in [-0.1, -0.05) is 37.3 Å². The molecular weight excluding hydrogens is 268 g/mol. The van der Waals surface area contributed by atoms with E-state index in [1.807, 2.05) is 44.4 Å². The maximum absolute atomic E-state index is 11.9. The predicted molar refractivity (Wildman–Crippen MR) is 81.9 cm³/mol. The minimum atomic E-state index is -0.870. The van der Waals surface area contributed by atoms with Gasteiger partial charge < -0.3 is 15.3 Å². The number of aliphatic carboxylic acids is 1. The third-order valence-corrected chi connectivity index (χ3v) is 3.36. The average Bonchev–Trinajstić information content (AvgIpc) is 2.38. The number of likely N-dealkylation sites (N-methyl/N-ethyl adjacent to an activating group) is 1. The summed E-state index contributed by atoms with van der Waals surface area (Å²) < 4.78 is 0. The smallest absolute Gasteiger partial charge is 0.303 e. The number of benzene rings is 1. The van der Waals surface area contributed by atoms with Crippen molar-refractivity contribution < 1.29 is 14.7 Å². The van der Waals surface area contributed by atoms with E-state index in [0.29, 0.717) is 6.54 Å². The van der Waals surface area contributed by atoms with E-state index in [9.17, 15) is 9.59 Å². The molecule has 0 aliphatic rings. The SMILES string of the molecule is CC(CC(=O)O)CC(=O)NCC(c1ccccc1)N(C)C. The molecule has 21 heavy (non-hydrogen) atoms. The number of carbonyl (C=O) groups is 2. The number of carboxylic acids is 1. The van der Waals surface area contributed by atoms with Crippen LogP contribution in [0.25, 0.3) is 0 Å². The largest absolute Gasteiger partial charge is 0.481 e. The van der Waals surface area contributed by atoms with Crippen molar-refractivity contribution in [3.8, 4) is 0 Å². The molecule has 2 N–H and O–H groups in total. The number of amides is 1. The lowest BCUT2D eigenvalue weighted by Gasteiger charge is -2.25. The van der Waals surface area contributed by atoms with Gasteiger partial charge >= 0.3 is 5.97 Å². The van der Waals surface area contributed by atoms with E-state index in [-0.39, 0.29) is 30.7 Å². The molecule has 0 heterocycles. The topological polar surface area (TPSA) is 69.6 Å². The van der Waals surface area contributed by atoms with E-state index >= 15 is 0 Å². The third kappa shape index (κ3) is 6.40. The second-order valence-corrected chi connectivity index (χ2v) is 5.60. The fourth-order valence-corrected chi connectivity index (χ4v) is 2.24. The first-order chi connectivity index (χ1) is 9.90. The van der Waals surface area contributed by atoms with E-state index in [1.165, 1.54) is 0 Å². The van der Waals surface area contributed by atoms with Crippen LogP contribution in [0.3, 0.4) is 0 Å². The molecule has 5 heteroatoms. The summed E-state index contributed by atoms with van der Waals surface area (Å²) in [5.41, 5.74) is 1.14. The molecule has 1 aromatic rings. The molecule has 0 fully saturated rings. The fourth-order valence-electron chi connectivity index (χ4n) is 2.24. The number of nitrogens with zero attached hydrogens (tertiary/aromatic N) is 1. The molecule has 116 valence electrons. The third-order valence-electron chi connectivity index (χ3n) is 3.36. The van der Waals surface area contributed by atoms with Crippen molar-refractivity contribution in [2.75, 3.05) is 20.6 Å². The molecule has 0 aliphatic carbocycles. The Morgan fingerprint density at radius 1 is 1.19 bits per heavy atom. The molecule has 0 spiro atoms. The molecule has 1 rings (SSSR count). The monoisotopic (exact) mass is 292 g/mol. The van der Waals surface area contributed by atoms with Crippen LogP contribution >= 0.6 is 0 Å². The standard InChI is InChI=1S/C16H24N2O3/c1-12(10-16(20)21)9-15(19)17-11-14(18(2)3)13-7-5-4-6-8-13/h4-8,12,14H,9-11H2,1-3H3,(H,17,19)(H,20,21). The van der Waals surface area contributed by atoms with Gasteiger partial charge in [0, 0.05) is 19.4 Å². The number of carboxylic acid groups (broad SMARTS) is 1. The maximum atomic E-state index is 11.9. The van der Waals surface area contributed by atoms with Crippen LogP contribution in [-0.4, -0.2) is 42.5 Å². The van der Waals surface area contributed by atoms with Crippen molar-refractivity contribution >= 4 is 11.9 Å².